The van der Waals surface area contributed by atoms with Crippen molar-refractivity contribution in [1.82, 2.24) is 0 Å². The SMILES string of the molecule is CC(C)C1=CC2CCC1C/C=C(\CCOCCO)C2. The fourth-order valence-corrected chi connectivity index (χ4v) is 3.46. The monoisotopic (exact) mass is 264 g/mol. The summed E-state index contributed by atoms with van der Waals surface area (Å²) in [5, 5.41) is 8.71. The smallest absolute Gasteiger partial charge is 0.0697 e. The molecule has 2 nitrogen and oxygen atoms in total. The molecule has 0 saturated carbocycles. The Bertz CT molecular complexity index is 341. The number of fused-ring (bicyclic) bond motifs is 3. The maximum absolute atomic E-state index is 8.71. The molecular formula is C17H28O2. The summed E-state index contributed by atoms with van der Waals surface area (Å²) in [6, 6.07) is 0. The fraction of sp³-hybridized carbons (Fsp3) is 0.765. The van der Waals surface area contributed by atoms with Gasteiger partial charge in [-0.1, -0.05) is 37.1 Å². The standard InChI is InChI=1S/C17H28O2/c1-13(2)17-12-15-4-6-16(17)5-3-14(11-15)7-9-19-10-8-18/h3,12-13,15-16,18H,4-11H2,1-2H3/b14-3+. The van der Waals surface area contributed by atoms with Crippen molar-refractivity contribution in [2.45, 2.75) is 46.0 Å². The molecule has 2 unspecified atom stereocenters. The average molecular weight is 264 g/mol. The topological polar surface area (TPSA) is 29.5 Å². The van der Waals surface area contributed by atoms with Crippen LogP contribution < -0.4 is 0 Å². The first-order chi connectivity index (χ1) is 9.20. The van der Waals surface area contributed by atoms with Crippen LogP contribution in [0.25, 0.3) is 0 Å². The molecule has 0 radical (unpaired) electrons. The third-order valence-corrected chi connectivity index (χ3v) is 4.47. The first kappa shape index (κ1) is 14.8. The molecule has 0 heterocycles. The molecule has 2 heteroatoms. The molecule has 1 N–H and O–H groups in total. The molecular weight excluding hydrogens is 236 g/mol. The van der Waals surface area contributed by atoms with Crippen LogP contribution >= 0.6 is 0 Å². The first-order valence-electron chi connectivity index (χ1n) is 7.78. The molecule has 0 amide bonds. The minimum atomic E-state index is 0.129. The Balaban J connectivity index is 1.91. The number of ether oxygens (including phenoxy) is 1. The van der Waals surface area contributed by atoms with Gasteiger partial charge in [-0.3, -0.25) is 0 Å². The van der Waals surface area contributed by atoms with Crippen LogP contribution in [-0.4, -0.2) is 24.9 Å². The van der Waals surface area contributed by atoms with E-state index in [4.69, 9.17) is 9.84 Å². The summed E-state index contributed by atoms with van der Waals surface area (Å²) in [6.07, 6.45) is 11.2. The molecule has 0 aromatic heterocycles. The van der Waals surface area contributed by atoms with Crippen molar-refractivity contribution >= 4 is 0 Å². The fourth-order valence-electron chi connectivity index (χ4n) is 3.46. The van der Waals surface area contributed by atoms with Gasteiger partial charge in [-0.2, -0.15) is 0 Å². The van der Waals surface area contributed by atoms with E-state index in [2.05, 4.69) is 26.0 Å². The number of aliphatic hydroxyl groups is 1. The summed E-state index contributed by atoms with van der Waals surface area (Å²) in [7, 11) is 0. The lowest BCUT2D eigenvalue weighted by Gasteiger charge is -2.33. The second kappa shape index (κ2) is 7.25. The maximum Gasteiger partial charge on any atom is 0.0697 e. The molecule has 0 aliphatic heterocycles. The number of hydrogen-bond donors (Lipinski definition) is 1. The van der Waals surface area contributed by atoms with Crippen molar-refractivity contribution in [3.63, 3.8) is 0 Å². The summed E-state index contributed by atoms with van der Waals surface area (Å²) in [5.41, 5.74) is 3.26. The van der Waals surface area contributed by atoms with Crippen molar-refractivity contribution in [3.8, 4) is 0 Å². The molecule has 3 aliphatic rings. The number of rotatable bonds is 6. The van der Waals surface area contributed by atoms with Crippen molar-refractivity contribution in [1.29, 1.82) is 0 Å². The average Bonchev–Trinajstić information content (AvgIpc) is 2.36. The van der Waals surface area contributed by atoms with E-state index < -0.39 is 0 Å². The largest absolute Gasteiger partial charge is 0.394 e. The molecule has 2 atom stereocenters. The van der Waals surface area contributed by atoms with Crippen LogP contribution in [0.5, 0.6) is 0 Å². The normalized spacial score (nSPS) is 29.7. The second-order valence-corrected chi connectivity index (χ2v) is 6.24. The van der Waals surface area contributed by atoms with Crippen molar-refractivity contribution < 1.29 is 9.84 Å². The summed E-state index contributed by atoms with van der Waals surface area (Å²) in [6.45, 7) is 6.01. The molecule has 3 rings (SSSR count). The van der Waals surface area contributed by atoms with Crippen LogP contribution in [0.15, 0.2) is 23.3 Å². The molecule has 0 spiro atoms. The summed E-state index contributed by atoms with van der Waals surface area (Å²) < 4.78 is 5.39. The van der Waals surface area contributed by atoms with Crippen LogP contribution in [0.1, 0.15) is 46.0 Å². The predicted molar refractivity (Wildman–Crippen MR) is 79.0 cm³/mol. The second-order valence-electron chi connectivity index (χ2n) is 6.24. The molecule has 0 aromatic carbocycles. The zero-order valence-corrected chi connectivity index (χ0v) is 12.4. The molecule has 3 aliphatic carbocycles. The minimum absolute atomic E-state index is 0.129. The van der Waals surface area contributed by atoms with E-state index in [0.717, 1.165) is 24.9 Å². The van der Waals surface area contributed by atoms with E-state index in [1.54, 1.807) is 11.1 Å². The zero-order valence-electron chi connectivity index (χ0n) is 12.4. The number of aliphatic hydroxyl groups excluding tert-OH is 1. The van der Waals surface area contributed by atoms with Gasteiger partial charge in [0.05, 0.1) is 19.8 Å². The molecule has 19 heavy (non-hydrogen) atoms. The van der Waals surface area contributed by atoms with Gasteiger partial charge in [0.1, 0.15) is 0 Å². The molecule has 2 bridgehead atoms. The predicted octanol–water partition coefficient (Wildman–Crippen LogP) is 3.71. The quantitative estimate of drug-likeness (QED) is 0.585. The summed E-state index contributed by atoms with van der Waals surface area (Å²) in [4.78, 5) is 0. The van der Waals surface area contributed by atoms with Gasteiger partial charge in [-0.15, -0.1) is 0 Å². The summed E-state index contributed by atoms with van der Waals surface area (Å²) >= 11 is 0. The van der Waals surface area contributed by atoms with Crippen LogP contribution in [0.3, 0.4) is 0 Å². The van der Waals surface area contributed by atoms with E-state index in [0.29, 0.717) is 12.5 Å². The summed E-state index contributed by atoms with van der Waals surface area (Å²) in [5.74, 6) is 2.23. The van der Waals surface area contributed by atoms with Crippen LogP contribution in [0.4, 0.5) is 0 Å². The Morgan fingerprint density at radius 2 is 2.16 bits per heavy atom. The zero-order chi connectivity index (χ0) is 13.7. The lowest BCUT2D eigenvalue weighted by Crippen LogP contribution is -2.20. The Labute approximate surface area is 117 Å². The van der Waals surface area contributed by atoms with Gasteiger partial charge in [0.25, 0.3) is 0 Å². The van der Waals surface area contributed by atoms with Crippen LogP contribution in [-0.2, 0) is 4.74 Å². The van der Waals surface area contributed by atoms with Gasteiger partial charge in [0.2, 0.25) is 0 Å². The van der Waals surface area contributed by atoms with Crippen LogP contribution in [0, 0.1) is 17.8 Å². The van der Waals surface area contributed by atoms with Gasteiger partial charge >= 0.3 is 0 Å². The molecule has 0 aromatic rings. The van der Waals surface area contributed by atoms with Crippen LogP contribution in [0.2, 0.25) is 0 Å². The van der Waals surface area contributed by atoms with Gasteiger partial charge in [0, 0.05) is 0 Å². The minimum Gasteiger partial charge on any atom is -0.394 e. The van der Waals surface area contributed by atoms with Gasteiger partial charge in [-0.25, -0.2) is 0 Å². The first-order valence-corrected chi connectivity index (χ1v) is 7.78. The highest BCUT2D eigenvalue weighted by Crippen LogP contribution is 2.40. The third kappa shape index (κ3) is 4.19. The lowest BCUT2D eigenvalue weighted by molar-refractivity contribution is 0.0937. The van der Waals surface area contributed by atoms with Gasteiger partial charge in [0.15, 0.2) is 0 Å². The third-order valence-electron chi connectivity index (χ3n) is 4.47. The molecule has 0 saturated heterocycles. The highest BCUT2D eigenvalue weighted by molar-refractivity contribution is 5.21. The van der Waals surface area contributed by atoms with Gasteiger partial charge in [-0.05, 0) is 49.9 Å². The van der Waals surface area contributed by atoms with Gasteiger partial charge < -0.3 is 9.84 Å². The van der Waals surface area contributed by atoms with E-state index in [-0.39, 0.29) is 6.61 Å². The van der Waals surface area contributed by atoms with E-state index in [1.807, 2.05) is 0 Å². The maximum atomic E-state index is 8.71. The van der Waals surface area contributed by atoms with E-state index in [1.165, 1.54) is 25.7 Å². The van der Waals surface area contributed by atoms with Crippen molar-refractivity contribution in [2.24, 2.45) is 17.8 Å². The molecule has 108 valence electrons. The van der Waals surface area contributed by atoms with Crippen molar-refractivity contribution in [3.05, 3.63) is 23.3 Å². The highest BCUT2D eigenvalue weighted by Gasteiger charge is 2.26. The van der Waals surface area contributed by atoms with E-state index >= 15 is 0 Å². The highest BCUT2D eigenvalue weighted by atomic mass is 16.5. The Kier molecular flexibility index (Phi) is 5.65. The Morgan fingerprint density at radius 1 is 1.32 bits per heavy atom. The Morgan fingerprint density at radius 3 is 2.89 bits per heavy atom. The molecule has 0 fully saturated rings. The number of allylic oxidation sites excluding steroid dienone is 3. The van der Waals surface area contributed by atoms with E-state index in [9.17, 15) is 0 Å². The lowest BCUT2D eigenvalue weighted by atomic mass is 9.72. The van der Waals surface area contributed by atoms with Crippen molar-refractivity contribution in [2.75, 3.05) is 19.8 Å². The number of hydrogen-bond acceptors (Lipinski definition) is 2. The Hall–Kier alpha value is -0.600.